The molecule has 0 aromatic carbocycles. The molecule has 1 aliphatic carbocycles. The van der Waals surface area contributed by atoms with Gasteiger partial charge in [-0.1, -0.05) is 38.6 Å². The summed E-state index contributed by atoms with van der Waals surface area (Å²) in [6.45, 7) is 10.7. The Hall–Kier alpha value is -1.60. The number of nitrogens with zero attached hydrogens (tertiary/aromatic N) is 4. The van der Waals surface area contributed by atoms with Crippen LogP contribution in [0.2, 0.25) is 0 Å². The third-order valence-corrected chi connectivity index (χ3v) is 7.60. The van der Waals surface area contributed by atoms with Crippen molar-refractivity contribution in [1.29, 1.82) is 0 Å². The van der Waals surface area contributed by atoms with Gasteiger partial charge in [0.05, 0.1) is 5.39 Å². The highest BCUT2D eigenvalue weighted by atomic mass is 32.2. The summed E-state index contributed by atoms with van der Waals surface area (Å²) in [5, 5.41) is 10.3. The Morgan fingerprint density at radius 3 is 2.85 bits per heavy atom. The van der Waals surface area contributed by atoms with Crippen molar-refractivity contribution in [3.63, 3.8) is 0 Å². The first-order chi connectivity index (χ1) is 12.3. The van der Waals surface area contributed by atoms with E-state index in [4.69, 9.17) is 0 Å². The molecule has 3 aromatic rings. The predicted octanol–water partition coefficient (Wildman–Crippen LogP) is 4.07. The van der Waals surface area contributed by atoms with Crippen LogP contribution >= 0.6 is 23.1 Å². The van der Waals surface area contributed by atoms with Crippen molar-refractivity contribution in [3.8, 4) is 0 Å². The molecule has 0 N–H and O–H groups in total. The molecule has 4 rings (SSSR count). The minimum atomic E-state index is 0.0480. The topological polar surface area (TPSA) is 52.2 Å². The molecule has 0 amide bonds. The lowest BCUT2D eigenvalue weighted by molar-refractivity contribution is 0.218. The van der Waals surface area contributed by atoms with Crippen molar-refractivity contribution in [2.45, 2.75) is 45.2 Å². The first kappa shape index (κ1) is 17.8. The maximum atomic E-state index is 13.0. The van der Waals surface area contributed by atoms with Crippen LogP contribution in [0.4, 0.5) is 0 Å². The van der Waals surface area contributed by atoms with Crippen LogP contribution in [0.1, 0.15) is 37.6 Å². The smallest absolute Gasteiger partial charge is 0.263 e. The molecule has 0 saturated heterocycles. The summed E-state index contributed by atoms with van der Waals surface area (Å²) in [5.41, 5.74) is 1.59. The Morgan fingerprint density at radius 1 is 1.38 bits per heavy atom. The fourth-order valence-electron chi connectivity index (χ4n) is 3.83. The zero-order chi connectivity index (χ0) is 18.6. The SMILES string of the molecule is C=CCSc1nnc2n(C)c(=O)c3c4c(sc3n12)CC(C(C)(C)C)CC4. The standard InChI is InChI=1S/C19H24N4OS2/c1-6-9-25-18-21-20-17-22(5)15(24)14-12-8-7-11(19(2,3)4)10-13(12)26-16(14)23(17)18/h6,11H,1,7-10H2,2-5H3. The Bertz CT molecular complexity index is 1070. The third-order valence-electron chi connectivity index (χ3n) is 5.44. The quantitative estimate of drug-likeness (QED) is 0.501. The highest BCUT2D eigenvalue weighted by Gasteiger charge is 2.32. The van der Waals surface area contributed by atoms with E-state index < -0.39 is 0 Å². The van der Waals surface area contributed by atoms with Crippen molar-refractivity contribution in [3.05, 3.63) is 33.4 Å². The molecule has 3 heterocycles. The van der Waals surface area contributed by atoms with Crippen LogP contribution in [0, 0.1) is 11.3 Å². The molecule has 0 radical (unpaired) electrons. The van der Waals surface area contributed by atoms with Gasteiger partial charge in [0.2, 0.25) is 5.78 Å². The van der Waals surface area contributed by atoms with Gasteiger partial charge in [0.25, 0.3) is 5.56 Å². The summed E-state index contributed by atoms with van der Waals surface area (Å²) in [7, 11) is 1.79. The Kier molecular flexibility index (Phi) is 4.27. The second-order valence-corrected chi connectivity index (χ2v) is 10.1. The van der Waals surface area contributed by atoms with Crippen LogP contribution in [0.3, 0.4) is 0 Å². The van der Waals surface area contributed by atoms with Gasteiger partial charge in [-0.3, -0.25) is 9.36 Å². The van der Waals surface area contributed by atoms with Gasteiger partial charge in [0.15, 0.2) is 5.16 Å². The van der Waals surface area contributed by atoms with E-state index in [0.717, 1.165) is 40.4 Å². The van der Waals surface area contributed by atoms with Crippen LogP contribution < -0.4 is 5.56 Å². The number of rotatable bonds is 3. The molecule has 138 valence electrons. The molecule has 3 aromatic heterocycles. The summed E-state index contributed by atoms with van der Waals surface area (Å²) < 4.78 is 3.69. The van der Waals surface area contributed by atoms with Crippen LogP contribution in [0.15, 0.2) is 22.6 Å². The van der Waals surface area contributed by atoms with Gasteiger partial charge in [-0.05, 0) is 36.2 Å². The van der Waals surface area contributed by atoms with Gasteiger partial charge >= 0.3 is 0 Å². The second kappa shape index (κ2) is 6.23. The van der Waals surface area contributed by atoms with Gasteiger partial charge in [-0.2, -0.15) is 0 Å². The average molecular weight is 389 g/mol. The summed E-state index contributed by atoms with van der Waals surface area (Å²) in [4.78, 5) is 15.4. The second-order valence-electron chi connectivity index (χ2n) is 8.07. The highest BCUT2D eigenvalue weighted by Crippen LogP contribution is 2.42. The monoisotopic (exact) mass is 388 g/mol. The molecule has 0 spiro atoms. The van der Waals surface area contributed by atoms with Gasteiger partial charge < -0.3 is 0 Å². The van der Waals surface area contributed by atoms with E-state index in [0.29, 0.717) is 11.7 Å². The average Bonchev–Trinajstić information content (AvgIpc) is 3.17. The molecule has 26 heavy (non-hydrogen) atoms. The molecule has 7 heteroatoms. The number of hydrogen-bond donors (Lipinski definition) is 0. The van der Waals surface area contributed by atoms with Crippen molar-refractivity contribution in [2.75, 3.05) is 5.75 Å². The summed E-state index contributed by atoms with van der Waals surface area (Å²) in [6.07, 6.45) is 5.04. The van der Waals surface area contributed by atoms with Crippen LogP contribution in [0.25, 0.3) is 16.0 Å². The number of thioether (sulfide) groups is 1. The number of hydrogen-bond acceptors (Lipinski definition) is 5. The number of thiophene rings is 1. The largest absolute Gasteiger partial charge is 0.279 e. The molecule has 0 fully saturated rings. The van der Waals surface area contributed by atoms with E-state index in [2.05, 4.69) is 41.9 Å². The summed E-state index contributed by atoms with van der Waals surface area (Å²) >= 11 is 3.35. The molecule has 0 saturated carbocycles. The van der Waals surface area contributed by atoms with Gasteiger partial charge in [-0.25, -0.2) is 4.40 Å². The fourth-order valence-corrected chi connectivity index (χ4v) is 5.97. The number of fused-ring (bicyclic) bond motifs is 5. The van der Waals surface area contributed by atoms with Crippen LogP contribution in [0.5, 0.6) is 0 Å². The zero-order valence-electron chi connectivity index (χ0n) is 15.7. The Morgan fingerprint density at radius 2 is 2.15 bits per heavy atom. The lowest BCUT2D eigenvalue weighted by Crippen LogP contribution is -2.27. The van der Waals surface area contributed by atoms with Crippen LogP contribution in [-0.4, -0.2) is 24.9 Å². The molecule has 0 aliphatic heterocycles. The lowest BCUT2D eigenvalue weighted by Gasteiger charge is -2.33. The third kappa shape index (κ3) is 2.63. The van der Waals surface area contributed by atoms with Crippen molar-refractivity contribution in [1.82, 2.24) is 19.2 Å². The van der Waals surface area contributed by atoms with E-state index in [9.17, 15) is 4.79 Å². The van der Waals surface area contributed by atoms with Gasteiger partial charge in [-0.15, -0.1) is 28.1 Å². The molecule has 0 bridgehead atoms. The first-order valence-electron chi connectivity index (χ1n) is 8.95. The summed E-state index contributed by atoms with van der Waals surface area (Å²) in [6, 6.07) is 0. The molecular formula is C19H24N4OS2. The molecule has 5 nitrogen and oxygen atoms in total. The van der Waals surface area contributed by atoms with E-state index in [1.54, 1.807) is 34.7 Å². The predicted molar refractivity (Wildman–Crippen MR) is 110 cm³/mol. The zero-order valence-corrected chi connectivity index (χ0v) is 17.3. The summed E-state index contributed by atoms with van der Waals surface area (Å²) in [5.74, 6) is 2.03. The maximum Gasteiger partial charge on any atom is 0.263 e. The van der Waals surface area contributed by atoms with Gasteiger partial charge in [0.1, 0.15) is 4.83 Å². The van der Waals surface area contributed by atoms with E-state index >= 15 is 0 Å². The van der Waals surface area contributed by atoms with Crippen molar-refractivity contribution >= 4 is 39.1 Å². The number of aromatic nitrogens is 4. The van der Waals surface area contributed by atoms with Crippen LogP contribution in [-0.2, 0) is 19.9 Å². The normalized spacial score (nSPS) is 17.8. The van der Waals surface area contributed by atoms with Gasteiger partial charge in [0, 0.05) is 17.7 Å². The van der Waals surface area contributed by atoms with E-state index in [1.165, 1.54) is 10.4 Å². The molecule has 1 atom stereocenters. The Balaban J connectivity index is 1.97. The number of aryl methyl sites for hydroxylation is 2. The minimum absolute atomic E-state index is 0.0480. The highest BCUT2D eigenvalue weighted by molar-refractivity contribution is 7.99. The van der Waals surface area contributed by atoms with E-state index in [1.807, 2.05) is 6.08 Å². The minimum Gasteiger partial charge on any atom is -0.279 e. The fraction of sp³-hybridized carbons (Fsp3) is 0.526. The molecule has 1 aliphatic rings. The Labute approximate surface area is 161 Å². The maximum absolute atomic E-state index is 13.0. The van der Waals surface area contributed by atoms with Crippen molar-refractivity contribution < 1.29 is 0 Å². The lowest BCUT2D eigenvalue weighted by atomic mass is 9.72. The molecular weight excluding hydrogens is 364 g/mol. The van der Waals surface area contributed by atoms with E-state index in [-0.39, 0.29) is 11.0 Å². The first-order valence-corrected chi connectivity index (χ1v) is 10.7. The molecule has 1 unspecified atom stereocenters. The van der Waals surface area contributed by atoms with Crippen molar-refractivity contribution in [2.24, 2.45) is 18.4 Å².